The highest BCUT2D eigenvalue weighted by Gasteiger charge is 2.22. The van der Waals surface area contributed by atoms with E-state index in [-0.39, 0.29) is 15.8 Å². The molecule has 0 amide bonds. The Morgan fingerprint density at radius 1 is 1.03 bits per heavy atom. The largest absolute Gasteiger partial charge is 0.308 e. The Labute approximate surface area is 202 Å². The molecule has 4 rings (SSSR count). The molecule has 0 bridgehead atoms. The second kappa shape index (κ2) is 9.43. The number of fused-ring (bicyclic) bond motifs is 1. The van der Waals surface area contributed by atoms with Crippen molar-refractivity contribution in [3.05, 3.63) is 97.6 Å². The van der Waals surface area contributed by atoms with E-state index in [4.69, 9.17) is 11.6 Å². The summed E-state index contributed by atoms with van der Waals surface area (Å²) in [6.07, 6.45) is 0.621. The Morgan fingerprint density at radius 2 is 1.76 bits per heavy atom. The van der Waals surface area contributed by atoms with Gasteiger partial charge in [0.2, 0.25) is 10.0 Å². The first-order valence-electron chi connectivity index (χ1n) is 10.7. The van der Waals surface area contributed by atoms with Gasteiger partial charge in [-0.3, -0.25) is 9.36 Å². The third-order valence-corrected chi connectivity index (χ3v) is 8.37. The van der Waals surface area contributed by atoms with Gasteiger partial charge in [-0.2, -0.15) is 0 Å². The Balaban J connectivity index is 1.65. The summed E-state index contributed by atoms with van der Waals surface area (Å²) >= 11 is 7.00. The Hall–Kier alpha value is -2.45. The van der Waals surface area contributed by atoms with Crippen LogP contribution in [-0.4, -0.2) is 13.0 Å². The molecular formula is C25H25ClN2O3S2. The van der Waals surface area contributed by atoms with Gasteiger partial charge in [-0.1, -0.05) is 65.8 Å². The Morgan fingerprint density at radius 3 is 2.42 bits per heavy atom. The summed E-state index contributed by atoms with van der Waals surface area (Å²) in [5.74, 6) is 0. The third kappa shape index (κ3) is 5.06. The van der Waals surface area contributed by atoms with E-state index in [0.717, 1.165) is 33.6 Å². The van der Waals surface area contributed by atoms with Crippen molar-refractivity contribution in [2.45, 2.75) is 44.7 Å². The molecule has 0 saturated heterocycles. The fraction of sp³-hybridized carbons (Fsp3) is 0.240. The molecule has 0 aliphatic heterocycles. The number of nitrogens with one attached hydrogen (secondary N) is 1. The van der Waals surface area contributed by atoms with Gasteiger partial charge in [0.1, 0.15) is 0 Å². The molecule has 8 heteroatoms. The van der Waals surface area contributed by atoms with Crippen molar-refractivity contribution in [2.75, 3.05) is 0 Å². The number of nitrogens with zero attached hydrogens (tertiary/aromatic N) is 1. The number of benzene rings is 3. The summed E-state index contributed by atoms with van der Waals surface area (Å²) in [7, 11) is -3.77. The maximum atomic E-state index is 13.2. The lowest BCUT2D eigenvalue weighted by molar-refractivity contribution is 0.549. The Bertz CT molecular complexity index is 1470. The van der Waals surface area contributed by atoms with Crippen LogP contribution < -0.4 is 9.60 Å². The molecule has 0 spiro atoms. The number of rotatable bonds is 7. The molecule has 3 aromatic carbocycles. The van der Waals surface area contributed by atoms with Crippen LogP contribution in [0.3, 0.4) is 0 Å². The van der Waals surface area contributed by atoms with Crippen LogP contribution in [0.2, 0.25) is 5.02 Å². The van der Waals surface area contributed by atoms with Crippen molar-refractivity contribution in [2.24, 2.45) is 0 Å². The molecule has 0 aliphatic carbocycles. The quantitative estimate of drug-likeness (QED) is 0.348. The Kier molecular flexibility index (Phi) is 6.77. The van der Waals surface area contributed by atoms with Crippen molar-refractivity contribution in [3.63, 3.8) is 0 Å². The molecule has 0 aliphatic rings. The van der Waals surface area contributed by atoms with E-state index in [1.807, 2.05) is 45.0 Å². The second-order valence-corrected chi connectivity index (χ2v) is 11.3. The molecule has 1 heterocycles. The first-order chi connectivity index (χ1) is 15.7. The molecule has 4 aromatic rings. The van der Waals surface area contributed by atoms with Gasteiger partial charge in [-0.05, 0) is 67.3 Å². The molecule has 1 unspecified atom stereocenters. The minimum absolute atomic E-state index is 0.135. The van der Waals surface area contributed by atoms with Crippen LogP contribution >= 0.6 is 22.9 Å². The third-order valence-electron chi connectivity index (χ3n) is 5.71. The van der Waals surface area contributed by atoms with Gasteiger partial charge in [0, 0.05) is 11.1 Å². The molecule has 1 atom stereocenters. The lowest BCUT2D eigenvalue weighted by Gasteiger charge is -2.20. The summed E-state index contributed by atoms with van der Waals surface area (Å²) in [6, 6.07) is 17.9. The van der Waals surface area contributed by atoms with Crippen LogP contribution in [0.1, 0.15) is 41.6 Å². The zero-order valence-electron chi connectivity index (χ0n) is 18.6. The molecule has 1 aromatic heterocycles. The molecule has 33 heavy (non-hydrogen) atoms. The molecule has 5 nitrogen and oxygen atoms in total. The zero-order valence-corrected chi connectivity index (χ0v) is 21.0. The fourth-order valence-corrected chi connectivity index (χ4v) is 6.43. The van der Waals surface area contributed by atoms with Gasteiger partial charge in [-0.25, -0.2) is 13.1 Å². The summed E-state index contributed by atoms with van der Waals surface area (Å²) in [5, 5.41) is 0.634. The van der Waals surface area contributed by atoms with Gasteiger partial charge < -0.3 is 0 Å². The summed E-state index contributed by atoms with van der Waals surface area (Å²) in [4.78, 5) is 12.7. The topological polar surface area (TPSA) is 68.2 Å². The number of aryl methyl sites for hydroxylation is 2. The highest BCUT2D eigenvalue weighted by molar-refractivity contribution is 7.89. The van der Waals surface area contributed by atoms with E-state index in [0.29, 0.717) is 28.2 Å². The van der Waals surface area contributed by atoms with Crippen molar-refractivity contribution in [3.8, 4) is 0 Å². The van der Waals surface area contributed by atoms with Gasteiger partial charge in [0.15, 0.2) is 0 Å². The number of thiazole rings is 1. The lowest BCUT2D eigenvalue weighted by Crippen LogP contribution is -2.28. The average Bonchev–Trinajstić information content (AvgIpc) is 3.08. The van der Waals surface area contributed by atoms with E-state index in [1.165, 1.54) is 0 Å². The maximum Gasteiger partial charge on any atom is 0.308 e. The predicted molar refractivity (Wildman–Crippen MR) is 136 cm³/mol. The van der Waals surface area contributed by atoms with Crippen LogP contribution in [0.5, 0.6) is 0 Å². The minimum Gasteiger partial charge on any atom is -0.294 e. The smallest absolute Gasteiger partial charge is 0.294 e. The van der Waals surface area contributed by atoms with E-state index >= 15 is 0 Å². The fourth-order valence-electron chi connectivity index (χ4n) is 3.97. The van der Waals surface area contributed by atoms with Gasteiger partial charge in [-0.15, -0.1) is 0 Å². The molecule has 0 saturated carbocycles. The lowest BCUT2D eigenvalue weighted by atomic mass is 9.98. The highest BCUT2D eigenvalue weighted by Crippen LogP contribution is 2.27. The van der Waals surface area contributed by atoms with E-state index in [9.17, 15) is 13.2 Å². The molecular weight excluding hydrogens is 476 g/mol. The summed E-state index contributed by atoms with van der Waals surface area (Å²) in [5.41, 5.74) is 4.81. The maximum absolute atomic E-state index is 13.2. The number of hydrogen-bond acceptors (Lipinski definition) is 4. The zero-order chi connectivity index (χ0) is 23.8. The number of halogens is 1. The van der Waals surface area contributed by atoms with Crippen LogP contribution in [0.4, 0.5) is 0 Å². The van der Waals surface area contributed by atoms with E-state index < -0.39 is 10.0 Å². The van der Waals surface area contributed by atoms with Crippen LogP contribution in [0.25, 0.3) is 10.2 Å². The van der Waals surface area contributed by atoms with E-state index in [2.05, 4.69) is 10.8 Å². The molecule has 0 radical (unpaired) electrons. The SMILES string of the molecule is CCC(NS(=O)(=O)c1ccc2c(c1)sc(=O)n2Cc1ccc(Cl)cc1)c1ccc(C)cc1C. The predicted octanol–water partition coefficient (Wildman–Crippen LogP) is 5.81. The van der Waals surface area contributed by atoms with Crippen molar-refractivity contribution >= 4 is 43.2 Å². The first-order valence-corrected chi connectivity index (χ1v) is 13.3. The minimum atomic E-state index is -3.77. The van der Waals surface area contributed by atoms with Crippen LogP contribution in [0.15, 0.2) is 70.4 Å². The number of sulfonamides is 1. The van der Waals surface area contributed by atoms with Crippen molar-refractivity contribution < 1.29 is 8.42 Å². The van der Waals surface area contributed by atoms with E-state index in [1.54, 1.807) is 34.9 Å². The van der Waals surface area contributed by atoms with Gasteiger partial charge >= 0.3 is 4.87 Å². The first kappa shape index (κ1) is 23.7. The molecule has 172 valence electrons. The second-order valence-electron chi connectivity index (χ2n) is 8.15. The summed E-state index contributed by atoms with van der Waals surface area (Å²) in [6.45, 7) is 6.36. The highest BCUT2D eigenvalue weighted by atomic mass is 35.5. The van der Waals surface area contributed by atoms with Crippen molar-refractivity contribution in [1.29, 1.82) is 0 Å². The van der Waals surface area contributed by atoms with Gasteiger partial charge in [0.05, 0.1) is 21.7 Å². The monoisotopic (exact) mass is 500 g/mol. The van der Waals surface area contributed by atoms with Crippen LogP contribution in [-0.2, 0) is 16.6 Å². The number of aromatic nitrogens is 1. The van der Waals surface area contributed by atoms with Gasteiger partial charge in [0.25, 0.3) is 0 Å². The standard InChI is InChI=1S/C25H25ClN2O3S2/c1-4-22(21-11-5-16(2)13-17(21)3)27-33(30,31)20-10-12-23-24(14-20)32-25(29)28(23)15-18-6-8-19(26)9-7-18/h5-14,22,27H,4,15H2,1-3H3. The summed E-state index contributed by atoms with van der Waals surface area (Å²) < 4.78 is 31.5. The average molecular weight is 501 g/mol. The van der Waals surface area contributed by atoms with Crippen LogP contribution in [0, 0.1) is 13.8 Å². The normalized spacial score (nSPS) is 12.8. The van der Waals surface area contributed by atoms with Crippen molar-refractivity contribution in [1.82, 2.24) is 9.29 Å². The molecule has 1 N–H and O–H groups in total. The molecule has 0 fully saturated rings. The number of hydrogen-bond donors (Lipinski definition) is 1.